The molecule has 7 heteroatoms. The Kier molecular flexibility index (Phi) is 33.8. The summed E-state index contributed by atoms with van der Waals surface area (Å²) in [6.07, 6.45) is -4.25. The van der Waals surface area contributed by atoms with Crippen molar-refractivity contribution in [2.24, 2.45) is 0 Å². The van der Waals surface area contributed by atoms with Gasteiger partial charge >= 0.3 is 154 Å². The quantitative estimate of drug-likeness (QED) is 0.306. The Morgan fingerprint density at radius 1 is 0.875 bits per heavy atom. The van der Waals surface area contributed by atoms with Crippen LogP contribution >= 0.6 is 0 Å². The van der Waals surface area contributed by atoms with E-state index >= 15 is 0 Å². The topological polar surface area (TPSA) is 89.4 Å². The van der Waals surface area contributed by atoms with Gasteiger partial charge in [0.05, 0.1) is 0 Å². The minimum atomic E-state index is -4.25. The molecule has 0 aromatic heterocycles. The minimum absolute atomic E-state index is 0. The first-order valence-electron chi connectivity index (χ1n) is 0.836. The van der Waals surface area contributed by atoms with Crippen LogP contribution < -0.4 is 169 Å². The summed E-state index contributed by atoms with van der Waals surface area (Å²) >= 11 is 0. The summed E-state index contributed by atoms with van der Waals surface area (Å²) in [6, 6.07) is 0. The van der Waals surface area contributed by atoms with Gasteiger partial charge in [-0.25, -0.2) is 0 Å². The van der Waals surface area contributed by atoms with Crippen molar-refractivity contribution in [1.82, 2.24) is 0 Å². The molecule has 0 saturated carbocycles. The van der Waals surface area contributed by atoms with E-state index in [1.165, 1.54) is 0 Å². The van der Waals surface area contributed by atoms with Crippen LogP contribution in [-0.4, -0.2) is 11.3 Å². The van der Waals surface area contributed by atoms with Crippen molar-refractivity contribution in [2.75, 3.05) is 0 Å². The summed E-state index contributed by atoms with van der Waals surface area (Å²) in [5, 5.41) is 32.5. The Bertz CT molecular complexity index is 26.8. The molecular weight excluding hydrogens is 193 g/mol. The van der Waals surface area contributed by atoms with E-state index in [2.05, 4.69) is 0 Å². The largest absolute Gasteiger partial charge is 1.00 e. The van der Waals surface area contributed by atoms with Crippen LogP contribution in [0.4, 0.5) is 0 Å². The van der Waals surface area contributed by atoms with E-state index in [9.17, 15) is 0 Å². The van der Waals surface area contributed by atoms with Crippen molar-refractivity contribution in [3.05, 3.63) is 0 Å². The molecule has 0 saturated heterocycles. The molecule has 8 heavy (non-hydrogen) atoms. The zero-order chi connectivity index (χ0) is 4.50. The molecule has 0 bridgehead atoms. The molecule has 0 aliphatic heterocycles. The van der Waals surface area contributed by atoms with Crippen LogP contribution in [0.15, 0.2) is 0 Å². The van der Waals surface area contributed by atoms with Gasteiger partial charge in [0.25, 0.3) is 0 Å². The molecule has 0 atom stereocenters. The van der Waals surface area contributed by atoms with Gasteiger partial charge in [-0.05, 0) is 0 Å². The summed E-state index contributed by atoms with van der Waals surface area (Å²) in [5.74, 6) is 0. The molecule has 0 fully saturated rings. The summed E-state index contributed by atoms with van der Waals surface area (Å²) < 4.78 is 0. The van der Waals surface area contributed by atoms with Gasteiger partial charge in [0.1, 0.15) is 0 Å². The predicted octanol–water partition coefficient (Wildman–Crippen LogP) is -13.3. The van der Waals surface area contributed by atoms with Crippen molar-refractivity contribution >= 4 is 0 Å². The van der Waals surface area contributed by atoms with Crippen LogP contribution in [0.25, 0.3) is 0 Å². The second-order valence-electron chi connectivity index (χ2n) is 0.524. The van der Waals surface area contributed by atoms with E-state index in [4.69, 9.17) is 20.4 Å². The van der Waals surface area contributed by atoms with Crippen LogP contribution in [0.5, 0.6) is 0 Å². The SMILES string of the molecule is [K+].[K+].[K+].[O-]C([O-])([O-])O. The van der Waals surface area contributed by atoms with Crippen molar-refractivity contribution in [1.29, 1.82) is 0 Å². The Morgan fingerprint density at radius 2 is 0.875 bits per heavy atom. The van der Waals surface area contributed by atoms with Gasteiger partial charge in [-0.1, -0.05) is 0 Å². The van der Waals surface area contributed by atoms with Crippen molar-refractivity contribution in [2.45, 2.75) is 6.16 Å². The molecular formula is CHK3O4. The number of aliphatic hydroxyl groups is 1. The number of hydrogen-bond donors (Lipinski definition) is 1. The Hall–Kier alpha value is 4.75. The molecule has 0 unspecified atom stereocenters. The molecule has 0 rings (SSSR count). The average molecular weight is 194 g/mol. The molecule has 0 amide bonds. The third kappa shape index (κ3) is 45.3. The summed E-state index contributed by atoms with van der Waals surface area (Å²) in [4.78, 5) is 0. The van der Waals surface area contributed by atoms with Crippen LogP contribution in [0, 0.1) is 0 Å². The average Bonchev–Trinajstić information content (AvgIpc) is 0.722. The van der Waals surface area contributed by atoms with Crippen molar-refractivity contribution < 1.29 is 175 Å². The van der Waals surface area contributed by atoms with Crippen molar-refractivity contribution in [3.8, 4) is 0 Å². The zero-order valence-corrected chi connectivity index (χ0v) is 14.5. The molecule has 4 nitrogen and oxygen atoms in total. The zero-order valence-electron chi connectivity index (χ0n) is 5.17. The van der Waals surface area contributed by atoms with Crippen LogP contribution in [0.2, 0.25) is 0 Å². The van der Waals surface area contributed by atoms with Crippen LogP contribution in [0.1, 0.15) is 0 Å². The molecule has 0 aromatic carbocycles. The Labute approximate surface area is 175 Å². The smallest absolute Gasteiger partial charge is 0.856 e. The number of rotatable bonds is 0. The van der Waals surface area contributed by atoms with Crippen LogP contribution in [0.3, 0.4) is 0 Å². The van der Waals surface area contributed by atoms with Crippen molar-refractivity contribution in [3.63, 3.8) is 0 Å². The van der Waals surface area contributed by atoms with E-state index in [1.54, 1.807) is 0 Å². The Balaban J connectivity index is -0.0000000267. The predicted molar refractivity (Wildman–Crippen MR) is 4.95 cm³/mol. The third-order valence-electron chi connectivity index (χ3n) is 0. The third-order valence-corrected chi connectivity index (χ3v) is 0. The molecule has 0 spiro atoms. The normalized spacial score (nSPS) is 7.50. The fourth-order valence-corrected chi connectivity index (χ4v) is 0. The van der Waals surface area contributed by atoms with Gasteiger partial charge in [0, 0.05) is 0 Å². The standard InChI is InChI=1S/CHO4.3K/c2-1(3,4)5;;;/h2H;;;/q-3;3*+1. The fourth-order valence-electron chi connectivity index (χ4n) is 0. The van der Waals surface area contributed by atoms with Gasteiger partial charge < -0.3 is 20.4 Å². The van der Waals surface area contributed by atoms with Gasteiger partial charge in [0.15, 0.2) is 0 Å². The Morgan fingerprint density at radius 3 is 0.875 bits per heavy atom. The van der Waals surface area contributed by atoms with Crippen LogP contribution in [-0.2, 0) is 0 Å². The fraction of sp³-hybridized carbons (Fsp3) is 1.00. The second-order valence-corrected chi connectivity index (χ2v) is 0.524. The molecule has 0 aromatic rings. The maximum absolute atomic E-state index is 8.55. The van der Waals surface area contributed by atoms with E-state index in [-0.39, 0.29) is 154 Å². The summed E-state index contributed by atoms with van der Waals surface area (Å²) in [6.45, 7) is 0. The first kappa shape index (κ1) is 23.0. The first-order valence-corrected chi connectivity index (χ1v) is 0.836. The van der Waals surface area contributed by atoms with Gasteiger partial charge in [0.2, 0.25) is 0 Å². The minimum Gasteiger partial charge on any atom is -0.856 e. The molecule has 32 valence electrons. The van der Waals surface area contributed by atoms with E-state index in [0.29, 0.717) is 0 Å². The van der Waals surface area contributed by atoms with Gasteiger partial charge in [-0.15, -0.1) is 0 Å². The summed E-state index contributed by atoms with van der Waals surface area (Å²) in [5.41, 5.74) is 0. The molecule has 0 aliphatic carbocycles. The summed E-state index contributed by atoms with van der Waals surface area (Å²) in [7, 11) is 0. The molecule has 1 N–H and O–H groups in total. The van der Waals surface area contributed by atoms with E-state index in [0.717, 1.165) is 0 Å². The van der Waals surface area contributed by atoms with Gasteiger partial charge in [-0.3, -0.25) is 0 Å². The van der Waals surface area contributed by atoms with E-state index in [1.807, 2.05) is 0 Å². The number of hydrogen-bond acceptors (Lipinski definition) is 4. The molecule has 0 radical (unpaired) electrons. The molecule has 0 heterocycles. The molecule has 0 aliphatic rings. The maximum atomic E-state index is 8.55. The van der Waals surface area contributed by atoms with Gasteiger partial charge in [-0.2, -0.15) is 6.16 Å². The maximum Gasteiger partial charge on any atom is 1.00 e. The first-order chi connectivity index (χ1) is 2.00. The second kappa shape index (κ2) is 11.7. The monoisotopic (exact) mass is 194 g/mol. The van der Waals surface area contributed by atoms with E-state index < -0.39 is 6.16 Å².